The van der Waals surface area contributed by atoms with Crippen molar-refractivity contribution >= 4 is 28.9 Å². The van der Waals surface area contributed by atoms with E-state index in [1.807, 2.05) is 49.4 Å². The van der Waals surface area contributed by atoms with Gasteiger partial charge in [-0.2, -0.15) is 0 Å². The van der Waals surface area contributed by atoms with Crippen molar-refractivity contribution in [2.24, 2.45) is 0 Å². The number of ether oxygens (including phenoxy) is 1. The van der Waals surface area contributed by atoms with E-state index in [1.165, 1.54) is 5.69 Å². The van der Waals surface area contributed by atoms with E-state index >= 15 is 0 Å². The number of rotatable bonds is 9. The molecule has 0 atom stereocenters. The zero-order chi connectivity index (χ0) is 18.9. The van der Waals surface area contributed by atoms with Gasteiger partial charge in [0.1, 0.15) is 5.75 Å². The number of halogens is 1. The third-order valence-electron chi connectivity index (χ3n) is 4.23. The molecule has 0 fully saturated rings. The number of benzene rings is 2. The Labute approximate surface area is 161 Å². The van der Waals surface area contributed by atoms with Crippen molar-refractivity contribution in [1.82, 2.24) is 0 Å². The summed E-state index contributed by atoms with van der Waals surface area (Å²) >= 11 is 5.99. The molecule has 0 radical (unpaired) electrons. The first kappa shape index (κ1) is 20.1. The van der Waals surface area contributed by atoms with Gasteiger partial charge >= 0.3 is 0 Å². The average molecular weight is 375 g/mol. The van der Waals surface area contributed by atoms with E-state index in [2.05, 4.69) is 24.1 Å². The molecular weight excluding hydrogens is 348 g/mol. The van der Waals surface area contributed by atoms with Gasteiger partial charge in [0.05, 0.1) is 6.61 Å². The summed E-state index contributed by atoms with van der Waals surface area (Å²) in [5, 5.41) is 3.65. The highest BCUT2D eigenvalue weighted by Gasteiger charge is 2.05. The molecule has 1 amide bonds. The van der Waals surface area contributed by atoms with Gasteiger partial charge in [0.15, 0.2) is 0 Å². The monoisotopic (exact) mass is 374 g/mol. The van der Waals surface area contributed by atoms with Crippen LogP contribution in [0.4, 0.5) is 11.4 Å². The van der Waals surface area contributed by atoms with Crippen LogP contribution in [0, 0.1) is 6.92 Å². The Bertz CT molecular complexity index is 712. The van der Waals surface area contributed by atoms with Crippen LogP contribution >= 0.6 is 11.6 Å². The molecule has 0 spiro atoms. The lowest BCUT2D eigenvalue weighted by molar-refractivity contribution is -0.116. The van der Waals surface area contributed by atoms with Crippen LogP contribution in [0.15, 0.2) is 42.5 Å². The molecule has 0 unspecified atom stereocenters. The minimum Gasteiger partial charge on any atom is -0.494 e. The highest BCUT2D eigenvalue weighted by atomic mass is 35.5. The number of nitrogens with one attached hydrogen (secondary N) is 1. The Morgan fingerprint density at radius 1 is 1.12 bits per heavy atom. The summed E-state index contributed by atoms with van der Waals surface area (Å²) < 4.78 is 5.67. The number of amides is 1. The second-order valence-electron chi connectivity index (χ2n) is 6.13. The first-order valence-electron chi connectivity index (χ1n) is 9.07. The van der Waals surface area contributed by atoms with E-state index in [0.717, 1.165) is 35.1 Å². The second kappa shape index (κ2) is 10.1. The summed E-state index contributed by atoms with van der Waals surface area (Å²) in [6.07, 6.45) is 1.08. The first-order valence-corrected chi connectivity index (χ1v) is 9.45. The van der Waals surface area contributed by atoms with Crippen LogP contribution in [0.3, 0.4) is 0 Å². The van der Waals surface area contributed by atoms with Gasteiger partial charge < -0.3 is 15.0 Å². The van der Waals surface area contributed by atoms with Crippen LogP contribution < -0.4 is 15.0 Å². The van der Waals surface area contributed by atoms with Gasteiger partial charge in [-0.05, 0) is 75.2 Å². The van der Waals surface area contributed by atoms with Crippen LogP contribution in [0.2, 0.25) is 5.02 Å². The molecule has 4 nitrogen and oxygen atoms in total. The van der Waals surface area contributed by atoms with Crippen LogP contribution in [-0.4, -0.2) is 25.6 Å². The second-order valence-corrected chi connectivity index (χ2v) is 6.54. The Kier molecular flexibility index (Phi) is 7.79. The normalized spacial score (nSPS) is 10.5. The van der Waals surface area contributed by atoms with Crippen LogP contribution in [-0.2, 0) is 4.79 Å². The molecule has 5 heteroatoms. The summed E-state index contributed by atoms with van der Waals surface area (Å²) in [6, 6.07) is 13.5. The SMILES string of the molecule is CCN(CC)c1ccc(NC(=O)CCCOc2ccc(Cl)c(C)c2)cc1. The summed E-state index contributed by atoms with van der Waals surface area (Å²) in [5.41, 5.74) is 2.97. The fraction of sp³-hybridized carbons (Fsp3) is 0.381. The molecular formula is C21H27ClN2O2. The largest absolute Gasteiger partial charge is 0.494 e. The standard InChI is InChI=1S/C21H27ClN2O2/c1-4-24(5-2)18-10-8-17(9-11-18)23-21(25)7-6-14-26-19-12-13-20(22)16(3)15-19/h8-13,15H,4-7,14H2,1-3H3,(H,23,25). The van der Waals surface area contributed by atoms with Crippen molar-refractivity contribution in [3.63, 3.8) is 0 Å². The van der Waals surface area contributed by atoms with Gasteiger partial charge in [-0.1, -0.05) is 11.6 Å². The third kappa shape index (κ3) is 5.95. The minimum absolute atomic E-state index is 0.00326. The van der Waals surface area contributed by atoms with Gasteiger partial charge in [-0.15, -0.1) is 0 Å². The Balaban J connectivity index is 1.73. The lowest BCUT2D eigenvalue weighted by Crippen LogP contribution is -2.21. The lowest BCUT2D eigenvalue weighted by atomic mass is 10.2. The van der Waals surface area contributed by atoms with Gasteiger partial charge in [-0.3, -0.25) is 4.79 Å². The van der Waals surface area contributed by atoms with E-state index in [1.54, 1.807) is 0 Å². The van der Waals surface area contributed by atoms with Gasteiger partial charge in [-0.25, -0.2) is 0 Å². The molecule has 0 bridgehead atoms. The molecule has 0 aromatic heterocycles. The Hall–Kier alpha value is -2.20. The fourth-order valence-electron chi connectivity index (χ4n) is 2.70. The number of aryl methyl sites for hydroxylation is 1. The molecule has 2 rings (SSSR count). The number of carbonyl (C=O) groups is 1. The highest BCUT2D eigenvalue weighted by molar-refractivity contribution is 6.31. The van der Waals surface area contributed by atoms with Crippen LogP contribution in [0.25, 0.3) is 0 Å². The zero-order valence-electron chi connectivity index (χ0n) is 15.7. The van der Waals surface area contributed by atoms with Crippen molar-refractivity contribution in [3.8, 4) is 5.75 Å². The van der Waals surface area contributed by atoms with Crippen LogP contribution in [0.1, 0.15) is 32.3 Å². The number of nitrogens with zero attached hydrogens (tertiary/aromatic N) is 1. The van der Waals surface area contributed by atoms with E-state index in [0.29, 0.717) is 19.4 Å². The molecule has 26 heavy (non-hydrogen) atoms. The van der Waals surface area contributed by atoms with Crippen molar-refractivity contribution in [3.05, 3.63) is 53.1 Å². The van der Waals surface area contributed by atoms with E-state index in [9.17, 15) is 4.79 Å². The molecule has 0 heterocycles. The number of hydrogen-bond donors (Lipinski definition) is 1. The number of anilines is 2. The maximum Gasteiger partial charge on any atom is 0.224 e. The van der Waals surface area contributed by atoms with Crippen molar-refractivity contribution in [2.45, 2.75) is 33.6 Å². The summed E-state index contributed by atoms with van der Waals surface area (Å²) in [7, 11) is 0. The minimum atomic E-state index is -0.00326. The Morgan fingerprint density at radius 2 is 1.81 bits per heavy atom. The summed E-state index contributed by atoms with van der Waals surface area (Å²) in [4.78, 5) is 14.3. The summed E-state index contributed by atoms with van der Waals surface area (Å²) in [5.74, 6) is 0.774. The van der Waals surface area contributed by atoms with Crippen molar-refractivity contribution in [2.75, 3.05) is 29.9 Å². The molecule has 2 aromatic carbocycles. The molecule has 2 aromatic rings. The maximum atomic E-state index is 12.1. The maximum absolute atomic E-state index is 12.1. The van der Waals surface area contributed by atoms with Gasteiger partial charge in [0.2, 0.25) is 5.91 Å². The van der Waals surface area contributed by atoms with Gasteiger partial charge in [0, 0.05) is 35.9 Å². The third-order valence-corrected chi connectivity index (χ3v) is 4.65. The quantitative estimate of drug-likeness (QED) is 0.606. The smallest absolute Gasteiger partial charge is 0.224 e. The number of hydrogen-bond acceptors (Lipinski definition) is 3. The predicted octanol–water partition coefficient (Wildman–Crippen LogP) is 5.29. The molecule has 0 aliphatic heterocycles. The average Bonchev–Trinajstić information content (AvgIpc) is 2.64. The molecule has 140 valence electrons. The molecule has 0 aliphatic carbocycles. The molecule has 0 saturated carbocycles. The zero-order valence-corrected chi connectivity index (χ0v) is 16.5. The van der Waals surface area contributed by atoms with Crippen LogP contribution in [0.5, 0.6) is 5.75 Å². The predicted molar refractivity (Wildman–Crippen MR) is 110 cm³/mol. The van der Waals surface area contributed by atoms with E-state index < -0.39 is 0 Å². The lowest BCUT2D eigenvalue weighted by Gasteiger charge is -2.21. The van der Waals surface area contributed by atoms with Gasteiger partial charge in [0.25, 0.3) is 0 Å². The van der Waals surface area contributed by atoms with E-state index in [-0.39, 0.29) is 5.91 Å². The first-order chi connectivity index (χ1) is 12.5. The fourth-order valence-corrected chi connectivity index (χ4v) is 2.82. The Morgan fingerprint density at radius 3 is 2.42 bits per heavy atom. The highest BCUT2D eigenvalue weighted by Crippen LogP contribution is 2.21. The van der Waals surface area contributed by atoms with E-state index in [4.69, 9.17) is 16.3 Å². The molecule has 1 N–H and O–H groups in total. The van der Waals surface area contributed by atoms with Crippen molar-refractivity contribution in [1.29, 1.82) is 0 Å². The molecule has 0 aliphatic rings. The molecule has 0 saturated heterocycles. The topological polar surface area (TPSA) is 41.6 Å². The summed E-state index contributed by atoms with van der Waals surface area (Å²) in [6.45, 7) is 8.63. The number of carbonyl (C=O) groups excluding carboxylic acids is 1. The van der Waals surface area contributed by atoms with Crippen molar-refractivity contribution < 1.29 is 9.53 Å².